The zero-order valence-electron chi connectivity index (χ0n) is 10.2. The fraction of sp³-hybridized carbons (Fsp3) is 0.455. The molecule has 0 amide bonds. The average molecular weight is 287 g/mol. The van der Waals surface area contributed by atoms with Gasteiger partial charge in [-0.3, -0.25) is 0 Å². The molecule has 0 radical (unpaired) electrons. The third-order valence-electron chi connectivity index (χ3n) is 3.18. The van der Waals surface area contributed by atoms with Gasteiger partial charge in [-0.2, -0.15) is 11.8 Å². The van der Waals surface area contributed by atoms with E-state index >= 15 is 0 Å². The number of sulfonamides is 1. The summed E-state index contributed by atoms with van der Waals surface area (Å²) in [7, 11) is -1.83. The topological polar surface area (TPSA) is 89.4 Å². The molecular weight excluding hydrogens is 270 g/mol. The largest absolute Gasteiger partial charge is 0.396 e. The maximum absolute atomic E-state index is 11.4. The second-order valence-corrected chi connectivity index (χ2v) is 7.04. The van der Waals surface area contributed by atoms with Gasteiger partial charge in [-0.25, -0.2) is 13.6 Å². The maximum atomic E-state index is 11.4. The molecule has 1 saturated heterocycles. The summed E-state index contributed by atoms with van der Waals surface area (Å²) >= 11 is 1.90. The standard InChI is InChI=1S/C11H17N3O2S2/c1-14(8-5-6-17-7-8)9-3-2-4-10(11(9)12)18(13,15)16/h2-4,8H,5-7,12H2,1H3,(H2,13,15,16). The zero-order valence-corrected chi connectivity index (χ0v) is 11.8. The SMILES string of the molecule is CN(c1cccc(S(N)(=O)=O)c1N)C1CCSC1. The van der Waals surface area contributed by atoms with E-state index in [2.05, 4.69) is 0 Å². The molecule has 1 aromatic carbocycles. The van der Waals surface area contributed by atoms with Gasteiger partial charge in [-0.15, -0.1) is 0 Å². The molecule has 18 heavy (non-hydrogen) atoms. The van der Waals surface area contributed by atoms with Crippen LogP contribution in [0.1, 0.15) is 6.42 Å². The Morgan fingerprint density at radius 1 is 1.44 bits per heavy atom. The molecule has 0 saturated carbocycles. The Bertz CT molecular complexity index is 539. The van der Waals surface area contributed by atoms with Crippen molar-refractivity contribution < 1.29 is 8.42 Å². The van der Waals surface area contributed by atoms with Gasteiger partial charge in [-0.1, -0.05) is 6.07 Å². The lowest BCUT2D eigenvalue weighted by Gasteiger charge is -2.27. The van der Waals surface area contributed by atoms with Crippen molar-refractivity contribution in [2.75, 3.05) is 29.2 Å². The predicted octanol–water partition coefficient (Wildman–Crippen LogP) is 0.858. The van der Waals surface area contributed by atoms with E-state index in [1.165, 1.54) is 6.07 Å². The Hall–Kier alpha value is -0.920. The zero-order chi connectivity index (χ0) is 13.3. The van der Waals surface area contributed by atoms with Crippen molar-refractivity contribution in [2.24, 2.45) is 5.14 Å². The molecule has 1 heterocycles. The van der Waals surface area contributed by atoms with Gasteiger partial charge in [0.05, 0.1) is 11.4 Å². The van der Waals surface area contributed by atoms with Crippen LogP contribution in [0.25, 0.3) is 0 Å². The van der Waals surface area contributed by atoms with E-state index in [4.69, 9.17) is 10.9 Å². The summed E-state index contributed by atoms with van der Waals surface area (Å²) in [6.45, 7) is 0. The number of hydrogen-bond acceptors (Lipinski definition) is 5. The maximum Gasteiger partial charge on any atom is 0.240 e. The van der Waals surface area contributed by atoms with E-state index in [0.29, 0.717) is 6.04 Å². The number of anilines is 2. The Morgan fingerprint density at radius 2 is 2.17 bits per heavy atom. The molecule has 1 unspecified atom stereocenters. The lowest BCUT2D eigenvalue weighted by atomic mass is 10.2. The van der Waals surface area contributed by atoms with Gasteiger partial charge in [-0.05, 0) is 24.3 Å². The van der Waals surface area contributed by atoms with Crippen LogP contribution >= 0.6 is 11.8 Å². The van der Waals surface area contributed by atoms with Crippen LogP contribution in [0.3, 0.4) is 0 Å². The minimum absolute atomic E-state index is 0.00231. The summed E-state index contributed by atoms with van der Waals surface area (Å²) in [6.07, 6.45) is 1.08. The Labute approximate surface area is 112 Å². The van der Waals surface area contributed by atoms with Crippen molar-refractivity contribution in [3.05, 3.63) is 18.2 Å². The predicted molar refractivity (Wildman–Crippen MR) is 76.4 cm³/mol. The highest BCUT2D eigenvalue weighted by Crippen LogP contribution is 2.32. The van der Waals surface area contributed by atoms with Crippen LogP contribution in [0.5, 0.6) is 0 Å². The molecule has 1 aliphatic rings. The first-order valence-electron chi connectivity index (χ1n) is 5.63. The highest BCUT2D eigenvalue weighted by molar-refractivity contribution is 7.99. The van der Waals surface area contributed by atoms with Crippen molar-refractivity contribution in [1.82, 2.24) is 0 Å². The minimum atomic E-state index is -3.77. The second kappa shape index (κ2) is 4.99. The van der Waals surface area contributed by atoms with Gasteiger partial charge in [0.25, 0.3) is 0 Å². The van der Waals surface area contributed by atoms with E-state index < -0.39 is 10.0 Å². The minimum Gasteiger partial charge on any atom is -0.396 e. The van der Waals surface area contributed by atoms with Crippen molar-refractivity contribution in [1.29, 1.82) is 0 Å². The average Bonchev–Trinajstić information content (AvgIpc) is 2.80. The summed E-state index contributed by atoms with van der Waals surface area (Å²) in [5, 5.41) is 5.15. The number of benzene rings is 1. The lowest BCUT2D eigenvalue weighted by Crippen LogP contribution is -2.32. The number of nitrogens with two attached hydrogens (primary N) is 2. The first kappa shape index (κ1) is 13.5. The van der Waals surface area contributed by atoms with Crippen molar-refractivity contribution in [3.8, 4) is 0 Å². The third-order valence-corrected chi connectivity index (χ3v) is 5.30. The van der Waals surface area contributed by atoms with E-state index in [1.807, 2.05) is 29.8 Å². The number of nitrogens with zero attached hydrogens (tertiary/aromatic N) is 1. The van der Waals surface area contributed by atoms with Crippen LogP contribution in [-0.4, -0.2) is 33.0 Å². The second-order valence-electron chi connectivity index (χ2n) is 4.36. The van der Waals surface area contributed by atoms with Crippen molar-refractivity contribution >= 4 is 33.2 Å². The molecule has 100 valence electrons. The molecule has 7 heteroatoms. The van der Waals surface area contributed by atoms with Gasteiger partial charge in [0.15, 0.2) is 0 Å². The Balaban J connectivity index is 2.39. The molecular formula is C11H17N3O2S2. The molecule has 0 aromatic heterocycles. The molecule has 1 atom stereocenters. The van der Waals surface area contributed by atoms with Gasteiger partial charge < -0.3 is 10.6 Å². The quantitative estimate of drug-likeness (QED) is 0.805. The van der Waals surface area contributed by atoms with Crippen LogP contribution in [0.2, 0.25) is 0 Å². The summed E-state index contributed by atoms with van der Waals surface area (Å²) < 4.78 is 22.8. The van der Waals surface area contributed by atoms with Crippen LogP contribution in [0, 0.1) is 0 Å². The Kier molecular flexibility index (Phi) is 3.74. The molecule has 1 aromatic rings. The van der Waals surface area contributed by atoms with Crippen LogP contribution in [0.15, 0.2) is 23.1 Å². The van der Waals surface area contributed by atoms with Gasteiger partial charge in [0, 0.05) is 18.8 Å². The number of para-hydroxylation sites is 1. The summed E-state index contributed by atoms with van der Waals surface area (Å²) in [4.78, 5) is 2.04. The van der Waals surface area contributed by atoms with E-state index in [9.17, 15) is 8.42 Å². The highest BCUT2D eigenvalue weighted by atomic mass is 32.2. The summed E-state index contributed by atoms with van der Waals surface area (Å²) in [5.74, 6) is 2.17. The number of thioether (sulfide) groups is 1. The summed E-state index contributed by atoms with van der Waals surface area (Å²) in [5.41, 5.74) is 6.90. The smallest absolute Gasteiger partial charge is 0.240 e. The lowest BCUT2D eigenvalue weighted by molar-refractivity contribution is 0.598. The molecule has 2 rings (SSSR count). The fourth-order valence-corrected chi connectivity index (χ4v) is 4.06. The molecule has 0 spiro atoms. The molecule has 1 aliphatic heterocycles. The van der Waals surface area contributed by atoms with E-state index in [1.54, 1.807) is 6.07 Å². The highest BCUT2D eigenvalue weighted by Gasteiger charge is 2.23. The van der Waals surface area contributed by atoms with Crippen LogP contribution < -0.4 is 15.8 Å². The third kappa shape index (κ3) is 2.57. The fourth-order valence-electron chi connectivity index (χ4n) is 2.11. The van der Waals surface area contributed by atoms with Gasteiger partial charge in [0.2, 0.25) is 10.0 Å². The monoisotopic (exact) mass is 287 g/mol. The van der Waals surface area contributed by atoms with Crippen molar-refractivity contribution in [2.45, 2.75) is 17.4 Å². The van der Waals surface area contributed by atoms with Crippen LogP contribution in [-0.2, 0) is 10.0 Å². The molecule has 0 bridgehead atoms. The Morgan fingerprint density at radius 3 is 2.72 bits per heavy atom. The molecule has 1 fully saturated rings. The first-order valence-corrected chi connectivity index (χ1v) is 8.33. The van der Waals surface area contributed by atoms with E-state index in [0.717, 1.165) is 23.6 Å². The molecule has 4 N–H and O–H groups in total. The molecule has 5 nitrogen and oxygen atoms in total. The first-order chi connectivity index (χ1) is 8.41. The van der Waals surface area contributed by atoms with Crippen molar-refractivity contribution in [3.63, 3.8) is 0 Å². The number of nitrogen functional groups attached to an aromatic ring is 1. The van der Waals surface area contributed by atoms with E-state index in [-0.39, 0.29) is 10.6 Å². The number of hydrogen-bond donors (Lipinski definition) is 2. The number of primary sulfonamides is 1. The summed E-state index contributed by atoms with van der Waals surface area (Å²) in [6, 6.07) is 5.33. The molecule has 0 aliphatic carbocycles. The number of rotatable bonds is 3. The normalized spacial score (nSPS) is 20.0. The van der Waals surface area contributed by atoms with Crippen LogP contribution in [0.4, 0.5) is 11.4 Å². The van der Waals surface area contributed by atoms with Gasteiger partial charge >= 0.3 is 0 Å². The van der Waals surface area contributed by atoms with Gasteiger partial charge in [0.1, 0.15) is 4.90 Å².